The van der Waals surface area contributed by atoms with Gasteiger partial charge in [0.15, 0.2) is 0 Å². The minimum absolute atomic E-state index is 0.125. The summed E-state index contributed by atoms with van der Waals surface area (Å²) in [6.07, 6.45) is 0.222. The van der Waals surface area contributed by atoms with Gasteiger partial charge in [0.05, 0.1) is 5.75 Å². The van der Waals surface area contributed by atoms with E-state index in [1.165, 1.54) is 0 Å². The summed E-state index contributed by atoms with van der Waals surface area (Å²) in [6, 6.07) is 9.15. The molecule has 0 aliphatic carbocycles. The molecule has 0 amide bonds. The second-order valence-corrected chi connectivity index (χ2v) is 4.94. The van der Waals surface area contributed by atoms with Crippen molar-refractivity contribution in [2.24, 2.45) is 0 Å². The average molecular weight is 230 g/mol. The molecule has 1 rings (SSSR count). The first kappa shape index (κ1) is 12.2. The second-order valence-electron chi connectivity index (χ2n) is 3.36. The van der Waals surface area contributed by atoms with Gasteiger partial charge in [-0.1, -0.05) is 30.3 Å². The van der Waals surface area contributed by atoms with Crippen LogP contribution in [0.15, 0.2) is 30.3 Å². The molecule has 2 N–H and O–H groups in total. The Kier molecular flexibility index (Phi) is 4.26. The van der Waals surface area contributed by atoms with Crippen LogP contribution < -0.4 is 0 Å². The molecule has 0 aliphatic heterocycles. The molecule has 4 nitrogen and oxygen atoms in total. The molecule has 0 aromatic heterocycles. The molecule has 84 valence electrons. The van der Waals surface area contributed by atoms with Crippen LogP contribution in [0.5, 0.6) is 0 Å². The van der Waals surface area contributed by atoms with E-state index in [1.807, 2.05) is 30.3 Å². The van der Waals surface area contributed by atoms with Crippen LogP contribution in [0.4, 0.5) is 0 Å². The molecular formula is C10H14O4S. The summed E-state index contributed by atoms with van der Waals surface area (Å²) in [5, 5.41) is 9.10. The van der Waals surface area contributed by atoms with E-state index in [0.717, 1.165) is 5.56 Å². The Hall–Kier alpha value is -0.910. The third-order valence-corrected chi connectivity index (χ3v) is 2.97. The minimum Gasteiger partial charge on any atom is -0.396 e. The Morgan fingerprint density at radius 3 is 2.27 bits per heavy atom. The zero-order valence-corrected chi connectivity index (χ0v) is 9.02. The minimum atomic E-state index is -3.95. The fourth-order valence-electron chi connectivity index (χ4n) is 1.38. The summed E-state index contributed by atoms with van der Waals surface area (Å²) in [4.78, 5) is 0. The van der Waals surface area contributed by atoms with Crippen molar-refractivity contribution in [2.45, 2.75) is 12.3 Å². The quantitative estimate of drug-likeness (QED) is 0.741. The Morgan fingerprint density at radius 2 is 1.80 bits per heavy atom. The number of hydrogen-bond acceptors (Lipinski definition) is 3. The molecule has 1 aromatic rings. The highest BCUT2D eigenvalue weighted by molar-refractivity contribution is 7.85. The molecular weight excluding hydrogens is 216 g/mol. The lowest BCUT2D eigenvalue weighted by molar-refractivity contribution is 0.262. The van der Waals surface area contributed by atoms with Crippen molar-refractivity contribution in [3.8, 4) is 0 Å². The first-order valence-corrected chi connectivity index (χ1v) is 6.25. The normalized spacial score (nSPS) is 13.7. The molecule has 0 spiro atoms. The third-order valence-electron chi connectivity index (χ3n) is 2.22. The van der Waals surface area contributed by atoms with Crippen molar-refractivity contribution in [1.82, 2.24) is 0 Å². The first-order valence-electron chi connectivity index (χ1n) is 4.64. The lowest BCUT2D eigenvalue weighted by Gasteiger charge is -2.13. The molecule has 0 aliphatic rings. The van der Waals surface area contributed by atoms with Crippen LogP contribution in [0.3, 0.4) is 0 Å². The Balaban J connectivity index is 2.66. The maximum absolute atomic E-state index is 10.6. The van der Waals surface area contributed by atoms with Gasteiger partial charge in [-0.3, -0.25) is 4.55 Å². The number of rotatable bonds is 5. The molecule has 0 saturated heterocycles. The predicted octanol–water partition coefficient (Wildman–Crippen LogP) is 1.04. The van der Waals surface area contributed by atoms with E-state index in [-0.39, 0.29) is 24.7 Å². The molecule has 15 heavy (non-hydrogen) atoms. The molecule has 1 unspecified atom stereocenters. The van der Waals surface area contributed by atoms with E-state index >= 15 is 0 Å². The van der Waals surface area contributed by atoms with E-state index in [4.69, 9.17) is 9.66 Å². The average Bonchev–Trinajstić information content (AvgIpc) is 2.19. The van der Waals surface area contributed by atoms with Crippen molar-refractivity contribution in [3.05, 3.63) is 35.9 Å². The second kappa shape index (κ2) is 5.25. The molecule has 0 fully saturated rings. The van der Waals surface area contributed by atoms with E-state index in [9.17, 15) is 8.42 Å². The molecule has 1 aromatic carbocycles. The van der Waals surface area contributed by atoms with Gasteiger partial charge in [0.2, 0.25) is 0 Å². The summed E-state index contributed by atoms with van der Waals surface area (Å²) >= 11 is 0. The fourth-order valence-corrected chi connectivity index (χ4v) is 1.96. The summed E-state index contributed by atoms with van der Waals surface area (Å²) in [5.41, 5.74) is 0.878. The monoisotopic (exact) mass is 230 g/mol. The molecule has 0 radical (unpaired) electrons. The van der Waals surface area contributed by atoms with Gasteiger partial charge in [-0.15, -0.1) is 0 Å². The number of benzene rings is 1. The highest BCUT2D eigenvalue weighted by Gasteiger charge is 2.14. The van der Waals surface area contributed by atoms with E-state index < -0.39 is 10.1 Å². The number of hydrogen-bond donors (Lipinski definition) is 2. The van der Waals surface area contributed by atoms with Crippen LogP contribution in [0.1, 0.15) is 17.9 Å². The molecule has 0 heterocycles. The first-order chi connectivity index (χ1) is 7.03. The van der Waals surface area contributed by atoms with Gasteiger partial charge < -0.3 is 5.11 Å². The lowest BCUT2D eigenvalue weighted by atomic mass is 9.98. The molecule has 0 saturated carbocycles. The van der Waals surface area contributed by atoms with Crippen LogP contribution >= 0.6 is 0 Å². The summed E-state index contributed by atoms with van der Waals surface area (Å²) in [5.74, 6) is -0.569. The van der Waals surface area contributed by atoms with Gasteiger partial charge in [0.25, 0.3) is 10.1 Å². The Morgan fingerprint density at radius 1 is 1.20 bits per heavy atom. The van der Waals surface area contributed by atoms with Crippen LogP contribution in [0.25, 0.3) is 0 Å². The highest BCUT2D eigenvalue weighted by atomic mass is 32.2. The smallest absolute Gasteiger partial charge is 0.264 e. The van der Waals surface area contributed by atoms with Crippen molar-refractivity contribution in [3.63, 3.8) is 0 Å². The third kappa shape index (κ3) is 4.42. The standard InChI is InChI=1S/C10H14O4S/c11-8-10(6-7-15(12,13)14)9-4-2-1-3-5-9/h1-5,10-11H,6-8H2,(H,12,13,14). The molecule has 5 heteroatoms. The predicted molar refractivity (Wildman–Crippen MR) is 57.3 cm³/mol. The zero-order chi connectivity index (χ0) is 11.3. The summed E-state index contributed by atoms with van der Waals surface area (Å²) in [7, 11) is -3.95. The van der Waals surface area contributed by atoms with Crippen LogP contribution in [-0.2, 0) is 10.1 Å². The van der Waals surface area contributed by atoms with E-state index in [0.29, 0.717) is 0 Å². The van der Waals surface area contributed by atoms with Gasteiger partial charge in [0.1, 0.15) is 0 Å². The Labute approximate surface area is 89.3 Å². The highest BCUT2D eigenvalue weighted by Crippen LogP contribution is 2.19. The van der Waals surface area contributed by atoms with Gasteiger partial charge >= 0.3 is 0 Å². The maximum Gasteiger partial charge on any atom is 0.264 e. The van der Waals surface area contributed by atoms with Crippen molar-refractivity contribution < 1.29 is 18.1 Å². The summed E-state index contributed by atoms with van der Waals surface area (Å²) < 4.78 is 29.7. The maximum atomic E-state index is 10.6. The van der Waals surface area contributed by atoms with Crippen LogP contribution in [0, 0.1) is 0 Å². The van der Waals surface area contributed by atoms with Gasteiger partial charge in [-0.05, 0) is 12.0 Å². The van der Waals surface area contributed by atoms with E-state index in [1.54, 1.807) is 0 Å². The fraction of sp³-hybridized carbons (Fsp3) is 0.400. The van der Waals surface area contributed by atoms with E-state index in [2.05, 4.69) is 0 Å². The largest absolute Gasteiger partial charge is 0.396 e. The summed E-state index contributed by atoms with van der Waals surface area (Å²) in [6.45, 7) is -0.125. The van der Waals surface area contributed by atoms with Crippen molar-refractivity contribution in [1.29, 1.82) is 0 Å². The number of aliphatic hydroxyl groups is 1. The SMILES string of the molecule is O=S(=O)(O)CCC(CO)c1ccccc1. The van der Waals surface area contributed by atoms with Gasteiger partial charge in [-0.2, -0.15) is 8.42 Å². The van der Waals surface area contributed by atoms with Gasteiger partial charge in [0, 0.05) is 12.5 Å². The lowest BCUT2D eigenvalue weighted by Crippen LogP contribution is -2.11. The van der Waals surface area contributed by atoms with Gasteiger partial charge in [-0.25, -0.2) is 0 Å². The number of aliphatic hydroxyl groups excluding tert-OH is 1. The van der Waals surface area contributed by atoms with Crippen LogP contribution in [-0.4, -0.2) is 30.4 Å². The zero-order valence-electron chi connectivity index (χ0n) is 8.20. The molecule has 0 bridgehead atoms. The Bertz CT molecular complexity index is 385. The van der Waals surface area contributed by atoms with Crippen molar-refractivity contribution >= 4 is 10.1 Å². The van der Waals surface area contributed by atoms with Crippen molar-refractivity contribution in [2.75, 3.05) is 12.4 Å². The van der Waals surface area contributed by atoms with Crippen LogP contribution in [0.2, 0.25) is 0 Å². The topological polar surface area (TPSA) is 74.6 Å². The molecule has 1 atom stereocenters.